The Bertz CT molecular complexity index is 678. The van der Waals surface area contributed by atoms with Crippen molar-refractivity contribution in [3.05, 3.63) is 29.6 Å². The van der Waals surface area contributed by atoms with Gasteiger partial charge in [0.05, 0.1) is 0 Å². The smallest absolute Gasteiger partial charge is 0.140 e. The van der Waals surface area contributed by atoms with E-state index in [9.17, 15) is 5.26 Å². The van der Waals surface area contributed by atoms with E-state index >= 15 is 0 Å². The summed E-state index contributed by atoms with van der Waals surface area (Å²) in [5, 5.41) is 9.25. The monoisotopic (exact) mass is 323 g/mol. The first kappa shape index (κ1) is 14.9. The Morgan fingerprint density at radius 1 is 1.25 bits per heavy atom. The number of methoxy groups -OCH3 is 1. The van der Waals surface area contributed by atoms with Gasteiger partial charge in [0.1, 0.15) is 17.4 Å². The minimum Gasteiger partial charge on any atom is -0.373 e. The SMILES string of the molecule is CO[C@]1(c2ccnc(C#N)c2)[C@@H]2CCC[C@H]1CN(C13CC(C1)C3)C2. The van der Waals surface area contributed by atoms with Gasteiger partial charge in [-0.2, -0.15) is 5.26 Å². The van der Waals surface area contributed by atoms with Crippen LogP contribution in [-0.4, -0.2) is 35.6 Å². The summed E-state index contributed by atoms with van der Waals surface area (Å²) in [6, 6.07) is 6.23. The number of rotatable bonds is 3. The van der Waals surface area contributed by atoms with Gasteiger partial charge in [0, 0.05) is 43.8 Å². The zero-order chi connectivity index (χ0) is 16.4. The van der Waals surface area contributed by atoms with Crippen molar-refractivity contribution >= 4 is 0 Å². The predicted octanol–water partition coefficient (Wildman–Crippen LogP) is 3.08. The average Bonchev–Trinajstić information content (AvgIpc) is 2.51. The highest BCUT2D eigenvalue weighted by atomic mass is 16.5. The molecule has 0 amide bonds. The summed E-state index contributed by atoms with van der Waals surface area (Å²) in [6.07, 6.45) is 9.83. The summed E-state index contributed by atoms with van der Waals surface area (Å²) in [5.41, 5.74) is 1.99. The Morgan fingerprint density at radius 3 is 2.50 bits per heavy atom. The van der Waals surface area contributed by atoms with E-state index in [1.165, 1.54) is 44.1 Å². The van der Waals surface area contributed by atoms with Crippen LogP contribution in [0, 0.1) is 29.1 Å². The summed E-state index contributed by atoms with van der Waals surface area (Å²) in [5.74, 6) is 2.08. The van der Waals surface area contributed by atoms with Gasteiger partial charge in [-0.3, -0.25) is 4.90 Å². The summed E-state index contributed by atoms with van der Waals surface area (Å²) < 4.78 is 6.29. The highest BCUT2D eigenvalue weighted by molar-refractivity contribution is 5.33. The Hall–Kier alpha value is -1.44. The van der Waals surface area contributed by atoms with Gasteiger partial charge in [0.15, 0.2) is 0 Å². The second kappa shape index (κ2) is 5.03. The molecule has 0 spiro atoms. The highest BCUT2D eigenvalue weighted by Crippen LogP contribution is 2.63. The molecule has 0 N–H and O–H groups in total. The van der Waals surface area contributed by atoms with E-state index in [-0.39, 0.29) is 5.60 Å². The standard InChI is InChI=1S/C20H25N3O/c1-24-20(15-5-6-22-18(7-15)11-21)16-3-2-4-17(20)13-23(12-16)19-8-14(9-19)10-19/h5-7,14,16-17H,2-4,8-10,12-13H2,1H3/t14?,16-,17+,19?,20-. The molecular formula is C20H25N3O. The number of aromatic nitrogens is 1. The molecule has 0 radical (unpaired) electrons. The van der Waals surface area contributed by atoms with E-state index in [2.05, 4.69) is 22.0 Å². The molecule has 126 valence electrons. The van der Waals surface area contributed by atoms with E-state index in [0.29, 0.717) is 23.1 Å². The van der Waals surface area contributed by atoms with Crippen LogP contribution in [0.3, 0.4) is 0 Å². The topological polar surface area (TPSA) is 49.1 Å². The molecule has 0 aromatic carbocycles. The normalized spacial score (nSPS) is 43.4. The average molecular weight is 323 g/mol. The second-order valence-corrected chi connectivity index (χ2v) is 8.47. The van der Waals surface area contributed by atoms with E-state index in [4.69, 9.17) is 4.74 Å². The molecule has 1 aliphatic heterocycles. The van der Waals surface area contributed by atoms with Crippen molar-refractivity contribution in [3.63, 3.8) is 0 Å². The minimum absolute atomic E-state index is 0.229. The van der Waals surface area contributed by atoms with Crippen LogP contribution in [0.1, 0.15) is 49.8 Å². The van der Waals surface area contributed by atoms with Crippen molar-refractivity contribution in [1.82, 2.24) is 9.88 Å². The van der Waals surface area contributed by atoms with Crippen molar-refractivity contribution in [2.75, 3.05) is 20.2 Å². The molecule has 4 heteroatoms. The number of nitrogens with zero attached hydrogens (tertiary/aromatic N) is 3. The van der Waals surface area contributed by atoms with E-state index < -0.39 is 0 Å². The fourth-order valence-corrected chi connectivity index (χ4v) is 6.30. The van der Waals surface area contributed by atoms with Crippen molar-refractivity contribution in [1.29, 1.82) is 5.26 Å². The fourth-order valence-electron chi connectivity index (χ4n) is 6.30. The van der Waals surface area contributed by atoms with Gasteiger partial charge >= 0.3 is 0 Å². The maximum atomic E-state index is 9.25. The summed E-state index contributed by atoms with van der Waals surface area (Å²) >= 11 is 0. The minimum atomic E-state index is -0.229. The zero-order valence-corrected chi connectivity index (χ0v) is 14.4. The maximum absolute atomic E-state index is 9.25. The van der Waals surface area contributed by atoms with Crippen molar-refractivity contribution in [3.8, 4) is 6.07 Å². The molecule has 4 aliphatic carbocycles. The Labute approximate surface area is 143 Å². The molecule has 1 aromatic heterocycles. The first-order valence-corrected chi connectivity index (χ1v) is 9.37. The number of hydrogen-bond donors (Lipinski definition) is 0. The van der Waals surface area contributed by atoms with Crippen LogP contribution in [0.15, 0.2) is 18.3 Å². The van der Waals surface area contributed by atoms with Crippen molar-refractivity contribution in [2.45, 2.75) is 49.7 Å². The van der Waals surface area contributed by atoms with Crippen LogP contribution in [0.25, 0.3) is 0 Å². The number of fused-ring (bicyclic) bond motifs is 2. The lowest BCUT2D eigenvalue weighted by molar-refractivity contribution is -0.226. The molecule has 5 aliphatic rings. The number of hydrogen-bond acceptors (Lipinski definition) is 4. The quantitative estimate of drug-likeness (QED) is 0.858. The van der Waals surface area contributed by atoms with Crippen LogP contribution in [0.2, 0.25) is 0 Å². The number of ether oxygens (including phenoxy) is 1. The number of pyridine rings is 1. The second-order valence-electron chi connectivity index (χ2n) is 8.47. The van der Waals surface area contributed by atoms with Gasteiger partial charge in [-0.15, -0.1) is 0 Å². The van der Waals surface area contributed by atoms with E-state index in [1.54, 1.807) is 6.20 Å². The molecule has 1 aromatic rings. The van der Waals surface area contributed by atoms with E-state index in [0.717, 1.165) is 19.0 Å². The highest BCUT2D eigenvalue weighted by Gasteiger charge is 2.63. The van der Waals surface area contributed by atoms with Gasteiger partial charge in [-0.05, 0) is 55.7 Å². The molecule has 4 bridgehead atoms. The van der Waals surface area contributed by atoms with Gasteiger partial charge in [0.25, 0.3) is 0 Å². The third-order valence-electron chi connectivity index (χ3n) is 7.54. The van der Waals surface area contributed by atoms with Crippen LogP contribution < -0.4 is 0 Å². The maximum Gasteiger partial charge on any atom is 0.140 e. The van der Waals surface area contributed by atoms with Crippen LogP contribution >= 0.6 is 0 Å². The third-order valence-corrected chi connectivity index (χ3v) is 7.54. The molecule has 6 rings (SSSR count). The predicted molar refractivity (Wildman–Crippen MR) is 90.1 cm³/mol. The number of nitriles is 1. The van der Waals surface area contributed by atoms with Gasteiger partial charge in [0.2, 0.25) is 0 Å². The lowest BCUT2D eigenvalue weighted by Crippen LogP contribution is -2.73. The van der Waals surface area contributed by atoms with Gasteiger partial charge in [-0.25, -0.2) is 4.98 Å². The first-order valence-electron chi connectivity index (χ1n) is 9.37. The molecule has 3 atom stereocenters. The largest absolute Gasteiger partial charge is 0.373 e. The first-order chi connectivity index (χ1) is 11.7. The van der Waals surface area contributed by atoms with Gasteiger partial charge < -0.3 is 4.74 Å². The van der Waals surface area contributed by atoms with Crippen LogP contribution in [0.4, 0.5) is 0 Å². The molecule has 5 fully saturated rings. The Kier molecular flexibility index (Phi) is 3.12. The molecule has 0 unspecified atom stereocenters. The molecule has 4 nitrogen and oxygen atoms in total. The van der Waals surface area contributed by atoms with Crippen molar-refractivity contribution < 1.29 is 4.74 Å². The van der Waals surface area contributed by atoms with Gasteiger partial charge in [-0.1, -0.05) is 6.42 Å². The summed E-state index contributed by atoms with van der Waals surface area (Å²) in [7, 11) is 1.87. The molecule has 2 heterocycles. The molecule has 4 saturated carbocycles. The number of piperidine rings is 1. The lowest BCUT2D eigenvalue weighted by atomic mass is 9.48. The van der Waals surface area contributed by atoms with E-state index in [1.807, 2.05) is 13.2 Å². The Morgan fingerprint density at radius 2 is 1.96 bits per heavy atom. The molecule has 24 heavy (non-hydrogen) atoms. The zero-order valence-electron chi connectivity index (χ0n) is 14.4. The molecule has 1 saturated heterocycles. The fraction of sp³-hybridized carbons (Fsp3) is 0.700. The summed E-state index contributed by atoms with van der Waals surface area (Å²) in [6.45, 7) is 2.31. The third kappa shape index (κ3) is 1.78. The summed E-state index contributed by atoms with van der Waals surface area (Å²) in [4.78, 5) is 6.98. The van der Waals surface area contributed by atoms with Crippen LogP contribution in [-0.2, 0) is 10.3 Å². The van der Waals surface area contributed by atoms with Crippen molar-refractivity contribution in [2.24, 2.45) is 17.8 Å². The number of likely N-dealkylation sites (tertiary alicyclic amines) is 1. The molecular weight excluding hydrogens is 298 g/mol. The lowest BCUT2D eigenvalue weighted by Gasteiger charge is -2.70. The Balaban J connectivity index is 1.52. The van der Waals surface area contributed by atoms with Crippen LogP contribution in [0.5, 0.6) is 0 Å².